The van der Waals surface area contributed by atoms with Crippen LogP contribution >= 0.6 is 11.3 Å². The van der Waals surface area contributed by atoms with Gasteiger partial charge in [0.2, 0.25) is 0 Å². The van der Waals surface area contributed by atoms with Gasteiger partial charge < -0.3 is 20.7 Å². The van der Waals surface area contributed by atoms with Gasteiger partial charge in [0.1, 0.15) is 15.4 Å². The Morgan fingerprint density at radius 1 is 1.35 bits per heavy atom. The lowest BCUT2D eigenvalue weighted by atomic mass is 10.2. The fraction of sp³-hybridized carbons (Fsp3) is 0.538. The third-order valence-electron chi connectivity index (χ3n) is 2.55. The monoisotopic (exact) mass is 299 g/mol. The largest absolute Gasteiger partial charge is 0.462 e. The highest BCUT2D eigenvalue weighted by Gasteiger charge is 2.27. The summed E-state index contributed by atoms with van der Waals surface area (Å²) in [6, 6.07) is 0. The summed E-state index contributed by atoms with van der Waals surface area (Å²) in [5.74, 6) is -0.757. The van der Waals surface area contributed by atoms with Crippen molar-refractivity contribution >= 4 is 33.9 Å². The number of carbonyl (C=O) groups is 2. The minimum absolute atomic E-state index is 0.186. The van der Waals surface area contributed by atoms with Crippen LogP contribution in [0.15, 0.2) is 0 Å². The van der Waals surface area contributed by atoms with Crippen molar-refractivity contribution in [3.63, 3.8) is 0 Å². The SMILES string of the molecule is CCCNC(=O)c1sc(N(C)C)c(C(=O)OCC)c1N. The van der Waals surface area contributed by atoms with Crippen molar-refractivity contribution in [1.82, 2.24) is 5.32 Å². The van der Waals surface area contributed by atoms with Crippen LogP contribution in [0.1, 0.15) is 40.3 Å². The molecule has 112 valence electrons. The van der Waals surface area contributed by atoms with Crippen LogP contribution in [0.3, 0.4) is 0 Å². The molecule has 1 rings (SSSR count). The summed E-state index contributed by atoms with van der Waals surface area (Å²) in [7, 11) is 3.59. The number of anilines is 2. The molecule has 6 nitrogen and oxygen atoms in total. The normalized spacial score (nSPS) is 10.2. The predicted molar refractivity (Wildman–Crippen MR) is 81.6 cm³/mol. The highest BCUT2D eigenvalue weighted by Crippen LogP contribution is 2.37. The van der Waals surface area contributed by atoms with Gasteiger partial charge in [0.25, 0.3) is 5.91 Å². The average Bonchev–Trinajstić information content (AvgIpc) is 2.74. The number of carbonyl (C=O) groups excluding carboxylic acids is 2. The van der Waals surface area contributed by atoms with Gasteiger partial charge in [-0.15, -0.1) is 11.3 Å². The zero-order valence-electron chi connectivity index (χ0n) is 12.3. The summed E-state index contributed by atoms with van der Waals surface area (Å²) in [5.41, 5.74) is 6.42. The van der Waals surface area contributed by atoms with E-state index >= 15 is 0 Å². The van der Waals surface area contributed by atoms with E-state index in [2.05, 4.69) is 5.32 Å². The first-order valence-corrected chi connectivity index (χ1v) is 7.30. The highest BCUT2D eigenvalue weighted by molar-refractivity contribution is 7.19. The number of nitrogens with two attached hydrogens (primary N) is 1. The lowest BCUT2D eigenvalue weighted by Gasteiger charge is -2.11. The number of nitrogen functional groups attached to an aromatic ring is 1. The quantitative estimate of drug-likeness (QED) is 0.781. The summed E-state index contributed by atoms with van der Waals surface area (Å²) in [6.45, 7) is 4.53. The van der Waals surface area contributed by atoms with E-state index in [-0.39, 0.29) is 23.8 Å². The van der Waals surface area contributed by atoms with Crippen LogP contribution in [0.2, 0.25) is 0 Å². The Morgan fingerprint density at radius 2 is 2.00 bits per heavy atom. The summed E-state index contributed by atoms with van der Waals surface area (Å²) in [5, 5.41) is 3.39. The minimum atomic E-state index is -0.500. The average molecular weight is 299 g/mol. The lowest BCUT2D eigenvalue weighted by molar-refractivity contribution is 0.0529. The van der Waals surface area contributed by atoms with Crippen molar-refractivity contribution in [3.05, 3.63) is 10.4 Å². The maximum absolute atomic E-state index is 12.0. The second-order valence-electron chi connectivity index (χ2n) is 4.40. The van der Waals surface area contributed by atoms with E-state index in [1.807, 2.05) is 6.92 Å². The summed E-state index contributed by atoms with van der Waals surface area (Å²) in [4.78, 5) is 26.1. The second kappa shape index (κ2) is 7.14. The van der Waals surface area contributed by atoms with Gasteiger partial charge in [0.15, 0.2) is 0 Å². The number of nitrogens with one attached hydrogen (secondary N) is 1. The topological polar surface area (TPSA) is 84.7 Å². The molecule has 0 aliphatic rings. The molecular formula is C13H21N3O3S. The first-order chi connectivity index (χ1) is 9.43. The first kappa shape index (κ1) is 16.3. The molecule has 20 heavy (non-hydrogen) atoms. The second-order valence-corrected chi connectivity index (χ2v) is 5.39. The molecule has 0 aromatic carbocycles. The zero-order valence-corrected chi connectivity index (χ0v) is 13.1. The molecule has 0 bridgehead atoms. The van der Waals surface area contributed by atoms with Crippen LogP contribution < -0.4 is 16.0 Å². The van der Waals surface area contributed by atoms with Crippen molar-refractivity contribution in [1.29, 1.82) is 0 Å². The Bertz CT molecular complexity index is 497. The molecule has 1 heterocycles. The van der Waals surface area contributed by atoms with E-state index in [1.54, 1.807) is 25.9 Å². The van der Waals surface area contributed by atoms with E-state index in [1.165, 1.54) is 11.3 Å². The smallest absolute Gasteiger partial charge is 0.343 e. The summed E-state index contributed by atoms with van der Waals surface area (Å²) >= 11 is 1.20. The van der Waals surface area contributed by atoms with Gasteiger partial charge in [0.05, 0.1) is 12.3 Å². The fourth-order valence-corrected chi connectivity index (χ4v) is 2.68. The third kappa shape index (κ3) is 3.41. The number of ether oxygens (including phenoxy) is 1. The first-order valence-electron chi connectivity index (χ1n) is 6.48. The lowest BCUT2D eigenvalue weighted by Crippen LogP contribution is -2.24. The molecule has 0 unspecified atom stereocenters. The van der Waals surface area contributed by atoms with Gasteiger partial charge in [-0.05, 0) is 13.3 Å². The van der Waals surface area contributed by atoms with Gasteiger partial charge in [-0.3, -0.25) is 4.79 Å². The van der Waals surface area contributed by atoms with E-state index < -0.39 is 5.97 Å². The molecule has 3 N–H and O–H groups in total. The molecule has 1 aromatic heterocycles. The Labute approximate surface area is 122 Å². The van der Waals surface area contributed by atoms with Gasteiger partial charge in [-0.2, -0.15) is 0 Å². The van der Waals surface area contributed by atoms with Crippen molar-refractivity contribution in [2.45, 2.75) is 20.3 Å². The number of rotatable bonds is 6. The van der Waals surface area contributed by atoms with Crippen molar-refractivity contribution in [3.8, 4) is 0 Å². The summed E-state index contributed by atoms with van der Waals surface area (Å²) < 4.78 is 5.00. The molecule has 0 saturated heterocycles. The molecule has 0 aliphatic carbocycles. The third-order valence-corrected chi connectivity index (χ3v) is 3.93. The Hall–Kier alpha value is -1.76. The molecule has 1 aromatic rings. The molecule has 1 amide bonds. The number of hydrogen-bond donors (Lipinski definition) is 2. The Morgan fingerprint density at radius 3 is 2.50 bits per heavy atom. The molecule has 0 spiro atoms. The number of nitrogens with zero attached hydrogens (tertiary/aromatic N) is 1. The van der Waals surface area contributed by atoms with Crippen molar-refractivity contribution in [2.75, 3.05) is 37.9 Å². The maximum Gasteiger partial charge on any atom is 0.343 e. The molecule has 0 radical (unpaired) electrons. The van der Waals surface area contributed by atoms with Crippen LogP contribution in [-0.2, 0) is 4.74 Å². The maximum atomic E-state index is 12.0. The Balaban J connectivity index is 3.19. The molecule has 0 saturated carbocycles. The Kier molecular flexibility index (Phi) is 5.82. The van der Waals surface area contributed by atoms with E-state index in [0.29, 0.717) is 16.4 Å². The van der Waals surface area contributed by atoms with Crippen molar-refractivity contribution in [2.24, 2.45) is 0 Å². The predicted octanol–water partition coefficient (Wildman–Crippen LogP) is 1.71. The van der Waals surface area contributed by atoms with Crippen LogP contribution in [0.5, 0.6) is 0 Å². The van der Waals surface area contributed by atoms with E-state index in [9.17, 15) is 9.59 Å². The van der Waals surface area contributed by atoms with Crippen LogP contribution in [0, 0.1) is 0 Å². The van der Waals surface area contributed by atoms with E-state index in [0.717, 1.165) is 6.42 Å². The fourth-order valence-electron chi connectivity index (χ4n) is 1.63. The zero-order chi connectivity index (χ0) is 15.3. The van der Waals surface area contributed by atoms with Crippen LogP contribution in [0.25, 0.3) is 0 Å². The molecule has 7 heteroatoms. The molecule has 0 fully saturated rings. The number of hydrogen-bond acceptors (Lipinski definition) is 6. The molecular weight excluding hydrogens is 278 g/mol. The minimum Gasteiger partial charge on any atom is -0.462 e. The summed E-state index contributed by atoms with van der Waals surface area (Å²) in [6.07, 6.45) is 0.836. The van der Waals surface area contributed by atoms with Gasteiger partial charge >= 0.3 is 5.97 Å². The van der Waals surface area contributed by atoms with Crippen LogP contribution in [-0.4, -0.2) is 39.1 Å². The standard InChI is InChI=1S/C13H21N3O3S/c1-5-7-15-11(17)10-9(14)8(13(18)19-6-2)12(20-10)16(3)4/h5-7,14H2,1-4H3,(H,15,17). The van der Waals surface area contributed by atoms with Gasteiger partial charge in [-0.1, -0.05) is 6.92 Å². The number of esters is 1. The van der Waals surface area contributed by atoms with Crippen LogP contribution in [0.4, 0.5) is 10.7 Å². The molecule has 0 aliphatic heterocycles. The van der Waals surface area contributed by atoms with E-state index in [4.69, 9.17) is 10.5 Å². The van der Waals surface area contributed by atoms with Gasteiger partial charge in [-0.25, -0.2) is 4.79 Å². The van der Waals surface area contributed by atoms with Gasteiger partial charge in [0, 0.05) is 20.6 Å². The highest BCUT2D eigenvalue weighted by atomic mass is 32.1. The molecule has 0 atom stereocenters. The van der Waals surface area contributed by atoms with Crippen molar-refractivity contribution < 1.29 is 14.3 Å². The number of thiophene rings is 1. The number of amides is 1.